The lowest BCUT2D eigenvalue weighted by Gasteiger charge is -2.18. The Morgan fingerprint density at radius 3 is 2.59 bits per heavy atom. The van der Waals surface area contributed by atoms with Gasteiger partial charge < -0.3 is 14.8 Å². The van der Waals surface area contributed by atoms with Gasteiger partial charge in [-0.05, 0) is 42.8 Å². The van der Waals surface area contributed by atoms with E-state index in [1.165, 1.54) is 24.3 Å². The molecule has 1 aromatic heterocycles. The zero-order valence-electron chi connectivity index (χ0n) is 16.7. The molecule has 0 saturated carbocycles. The van der Waals surface area contributed by atoms with Crippen molar-refractivity contribution in [1.29, 1.82) is 0 Å². The molecule has 3 aromatic rings. The highest BCUT2D eigenvalue weighted by Crippen LogP contribution is 2.17. The van der Waals surface area contributed by atoms with Crippen molar-refractivity contribution in [2.45, 2.75) is 32.9 Å². The molecule has 0 atom stereocenters. The van der Waals surface area contributed by atoms with E-state index in [1.54, 1.807) is 11.9 Å². The van der Waals surface area contributed by atoms with Gasteiger partial charge in [0.15, 0.2) is 0 Å². The summed E-state index contributed by atoms with van der Waals surface area (Å²) in [7, 11) is 1.80. The number of carbonyl (C=O) groups excluding carboxylic acids is 2. The number of fused-ring (bicyclic) bond motifs is 1. The van der Waals surface area contributed by atoms with Crippen LogP contribution in [0.1, 0.15) is 35.9 Å². The molecule has 6 nitrogen and oxygen atoms in total. The number of halogens is 1. The van der Waals surface area contributed by atoms with Gasteiger partial charge in [0.1, 0.15) is 18.2 Å². The molecule has 2 aromatic carbocycles. The van der Waals surface area contributed by atoms with Crippen molar-refractivity contribution in [3.05, 3.63) is 65.7 Å². The zero-order valence-corrected chi connectivity index (χ0v) is 16.7. The normalized spacial score (nSPS) is 10.9. The average Bonchev–Trinajstić information content (AvgIpc) is 3.08. The average molecular weight is 396 g/mol. The summed E-state index contributed by atoms with van der Waals surface area (Å²) in [6.07, 6.45) is 1.97. The van der Waals surface area contributed by atoms with Crippen LogP contribution in [0, 0.1) is 5.82 Å². The Morgan fingerprint density at radius 2 is 1.86 bits per heavy atom. The Balaban J connectivity index is 1.78. The molecule has 0 bridgehead atoms. The van der Waals surface area contributed by atoms with Gasteiger partial charge in [0.05, 0.1) is 17.6 Å². The van der Waals surface area contributed by atoms with Crippen molar-refractivity contribution < 1.29 is 14.0 Å². The number of unbranched alkanes of at least 4 members (excludes halogenated alkanes) is 1. The summed E-state index contributed by atoms with van der Waals surface area (Å²) in [5, 5.41) is 2.80. The van der Waals surface area contributed by atoms with Crippen molar-refractivity contribution in [3.8, 4) is 0 Å². The molecular formula is C22H25FN4O2. The second-order valence-corrected chi connectivity index (χ2v) is 6.96. The summed E-state index contributed by atoms with van der Waals surface area (Å²) in [4.78, 5) is 31.3. The molecule has 0 unspecified atom stereocenters. The van der Waals surface area contributed by atoms with Crippen molar-refractivity contribution in [2.24, 2.45) is 0 Å². The van der Waals surface area contributed by atoms with Crippen LogP contribution in [-0.2, 0) is 17.9 Å². The Bertz CT molecular complexity index is 998. The van der Waals surface area contributed by atoms with Crippen LogP contribution in [0.15, 0.2) is 48.5 Å². The van der Waals surface area contributed by atoms with E-state index in [1.807, 2.05) is 28.8 Å². The first-order valence-corrected chi connectivity index (χ1v) is 9.71. The standard InChI is InChI=1S/C22H25FN4O2/c1-3-4-13-26(2)21(28)15-27-19-8-6-5-7-18(19)25-20(27)14-24-22(29)16-9-11-17(23)12-10-16/h5-12H,3-4,13-15H2,1-2H3,(H,24,29). The molecule has 0 fully saturated rings. The third-order valence-corrected chi connectivity index (χ3v) is 4.81. The SMILES string of the molecule is CCCCN(C)C(=O)Cn1c(CNC(=O)c2ccc(F)cc2)nc2ccccc21. The smallest absolute Gasteiger partial charge is 0.251 e. The Labute approximate surface area is 169 Å². The van der Waals surface area contributed by atoms with Gasteiger partial charge >= 0.3 is 0 Å². The van der Waals surface area contributed by atoms with Gasteiger partial charge in [-0.3, -0.25) is 9.59 Å². The highest BCUT2D eigenvalue weighted by atomic mass is 19.1. The second-order valence-electron chi connectivity index (χ2n) is 6.96. The first-order valence-electron chi connectivity index (χ1n) is 9.71. The Kier molecular flexibility index (Phi) is 6.59. The quantitative estimate of drug-likeness (QED) is 0.635. The van der Waals surface area contributed by atoms with Crippen LogP contribution in [0.2, 0.25) is 0 Å². The minimum absolute atomic E-state index is 0.00675. The van der Waals surface area contributed by atoms with E-state index in [2.05, 4.69) is 17.2 Å². The number of carbonyl (C=O) groups is 2. The van der Waals surface area contributed by atoms with E-state index < -0.39 is 5.82 Å². The van der Waals surface area contributed by atoms with E-state index in [4.69, 9.17) is 0 Å². The molecule has 1 heterocycles. The van der Waals surface area contributed by atoms with E-state index in [9.17, 15) is 14.0 Å². The lowest BCUT2D eigenvalue weighted by Crippen LogP contribution is -2.32. The predicted molar refractivity (Wildman–Crippen MR) is 110 cm³/mol. The van der Waals surface area contributed by atoms with Crippen LogP contribution in [0.5, 0.6) is 0 Å². The number of hydrogen-bond acceptors (Lipinski definition) is 3. The number of likely N-dealkylation sites (N-methyl/N-ethyl adjacent to an activating group) is 1. The Hall–Kier alpha value is -3.22. The molecule has 0 aliphatic carbocycles. The largest absolute Gasteiger partial charge is 0.345 e. The van der Waals surface area contributed by atoms with Crippen LogP contribution in [0.25, 0.3) is 11.0 Å². The zero-order chi connectivity index (χ0) is 20.8. The first-order chi connectivity index (χ1) is 14.0. The van der Waals surface area contributed by atoms with E-state index in [0.717, 1.165) is 23.9 Å². The summed E-state index contributed by atoms with van der Waals surface area (Å²) in [5.41, 5.74) is 1.97. The first kappa shape index (κ1) is 20.5. The van der Waals surface area contributed by atoms with Gasteiger partial charge in [0, 0.05) is 19.2 Å². The predicted octanol–water partition coefficient (Wildman–Crippen LogP) is 3.36. The van der Waals surface area contributed by atoms with Crippen molar-refractivity contribution in [1.82, 2.24) is 19.8 Å². The van der Waals surface area contributed by atoms with Gasteiger partial charge in [0.2, 0.25) is 5.91 Å². The third-order valence-electron chi connectivity index (χ3n) is 4.81. The summed E-state index contributed by atoms with van der Waals surface area (Å²) in [6, 6.07) is 12.9. The van der Waals surface area contributed by atoms with Gasteiger partial charge in [-0.1, -0.05) is 25.5 Å². The number of nitrogens with zero attached hydrogens (tertiary/aromatic N) is 3. The van der Waals surface area contributed by atoms with E-state index >= 15 is 0 Å². The minimum Gasteiger partial charge on any atom is -0.345 e. The van der Waals surface area contributed by atoms with E-state index in [0.29, 0.717) is 17.9 Å². The van der Waals surface area contributed by atoms with Crippen LogP contribution in [-0.4, -0.2) is 39.9 Å². The number of benzene rings is 2. The molecule has 1 N–H and O–H groups in total. The highest BCUT2D eigenvalue weighted by molar-refractivity contribution is 5.94. The molecule has 7 heteroatoms. The maximum Gasteiger partial charge on any atom is 0.251 e. The number of imidazole rings is 1. The Morgan fingerprint density at radius 1 is 1.14 bits per heavy atom. The lowest BCUT2D eigenvalue weighted by atomic mass is 10.2. The van der Waals surface area contributed by atoms with Gasteiger partial charge in [-0.2, -0.15) is 0 Å². The van der Waals surface area contributed by atoms with Crippen molar-refractivity contribution >= 4 is 22.8 Å². The number of para-hydroxylation sites is 2. The third kappa shape index (κ3) is 4.99. The molecule has 29 heavy (non-hydrogen) atoms. The van der Waals surface area contributed by atoms with Gasteiger partial charge in [-0.25, -0.2) is 9.37 Å². The molecule has 0 saturated heterocycles. The number of hydrogen-bond donors (Lipinski definition) is 1. The second kappa shape index (κ2) is 9.32. The molecular weight excluding hydrogens is 371 g/mol. The monoisotopic (exact) mass is 396 g/mol. The summed E-state index contributed by atoms with van der Waals surface area (Å²) in [6.45, 7) is 3.11. The highest BCUT2D eigenvalue weighted by Gasteiger charge is 2.17. The summed E-state index contributed by atoms with van der Waals surface area (Å²) in [5.74, 6) is -0.129. The summed E-state index contributed by atoms with van der Waals surface area (Å²) >= 11 is 0. The number of nitrogens with one attached hydrogen (secondary N) is 1. The maximum atomic E-state index is 13.1. The topological polar surface area (TPSA) is 67.2 Å². The molecule has 2 amide bonds. The van der Waals surface area contributed by atoms with Gasteiger partial charge in [-0.15, -0.1) is 0 Å². The fraction of sp³-hybridized carbons (Fsp3) is 0.318. The van der Waals surface area contributed by atoms with Crippen LogP contribution >= 0.6 is 0 Å². The van der Waals surface area contributed by atoms with Crippen molar-refractivity contribution in [3.63, 3.8) is 0 Å². The molecule has 0 aliphatic heterocycles. The molecule has 0 radical (unpaired) electrons. The fourth-order valence-electron chi connectivity index (χ4n) is 3.08. The molecule has 3 rings (SSSR count). The van der Waals surface area contributed by atoms with Crippen molar-refractivity contribution in [2.75, 3.05) is 13.6 Å². The van der Waals surface area contributed by atoms with Crippen LogP contribution in [0.4, 0.5) is 4.39 Å². The number of amides is 2. The summed E-state index contributed by atoms with van der Waals surface area (Å²) < 4.78 is 14.9. The van der Waals surface area contributed by atoms with Gasteiger partial charge in [0.25, 0.3) is 5.91 Å². The van der Waals surface area contributed by atoms with Crippen LogP contribution in [0.3, 0.4) is 0 Å². The fourth-order valence-corrected chi connectivity index (χ4v) is 3.08. The van der Waals surface area contributed by atoms with E-state index in [-0.39, 0.29) is 24.9 Å². The molecule has 152 valence electrons. The maximum absolute atomic E-state index is 13.1. The lowest BCUT2D eigenvalue weighted by molar-refractivity contribution is -0.130. The number of aromatic nitrogens is 2. The molecule has 0 aliphatic rings. The molecule has 0 spiro atoms. The van der Waals surface area contributed by atoms with Crippen LogP contribution < -0.4 is 5.32 Å². The number of rotatable bonds is 8. The minimum atomic E-state index is -0.394.